The van der Waals surface area contributed by atoms with Crippen LogP contribution in [0.5, 0.6) is 0 Å². The zero-order chi connectivity index (χ0) is 91.5. The number of ether oxygens (including phenoxy) is 3. The molecule has 10 saturated heterocycles. The third kappa shape index (κ3) is 19.0. The highest BCUT2D eigenvalue weighted by Gasteiger charge is 2.64. The molecule has 18 rings (SSSR count). The van der Waals surface area contributed by atoms with Gasteiger partial charge < -0.3 is 80.0 Å². The smallest absolute Gasteiger partial charge is 0.410 e. The van der Waals surface area contributed by atoms with E-state index in [4.69, 9.17) is 25.8 Å². The molecule has 4 amide bonds. The summed E-state index contributed by atoms with van der Waals surface area (Å²) in [6.07, 6.45) is 16.4. The van der Waals surface area contributed by atoms with Crippen molar-refractivity contribution in [3.05, 3.63) is 90.5 Å². The lowest BCUT2D eigenvalue weighted by Gasteiger charge is -2.30. The number of nitrogens with zero attached hydrogens (tertiary/aromatic N) is 22. The van der Waals surface area contributed by atoms with Crippen molar-refractivity contribution in [3.8, 4) is 0 Å². The Balaban J connectivity index is 0.000000129. The molecular formula is C87H126ClF4N27O7. The summed E-state index contributed by atoms with van der Waals surface area (Å²) in [6, 6.07) is 0. The summed E-state index contributed by atoms with van der Waals surface area (Å²) in [5, 5.41) is 28.4. The summed E-state index contributed by atoms with van der Waals surface area (Å²) in [7, 11) is 5.47. The van der Waals surface area contributed by atoms with Gasteiger partial charge in [-0.2, -0.15) is 35.2 Å². The summed E-state index contributed by atoms with van der Waals surface area (Å²) in [5.74, 6) is 0.964. The SMILES string of the molecule is CC(C)(C)OC(=O)N1C[C@@]2(C)CN(c3nc(Cl)ncc3F)C[C@@]2(C)C1.CC(C)(C)OC(=O)N1C[C@]2(C)CNC[C@]2(C)C1.Cn1cc(Nc2ncc(F)c(N3C[C@]4(C)CN(C(=O)C5CC5)C[C@]4(C)C3)n2)cn1.Cn1cc(Nc2ncc(F)c(N3C[C@]4(C)CN(C(=O)OC(C)(C)C)C[C@]4(C)C3)n2)cn1.Cn1cc(Nc2ncc(F)c(N3C[C@]4(C)CNC[C@]4(C)C3)n2)cn1. The van der Waals surface area contributed by atoms with E-state index in [-0.39, 0.29) is 101 Å². The van der Waals surface area contributed by atoms with Gasteiger partial charge in [-0.1, -0.05) is 69.2 Å². The van der Waals surface area contributed by atoms with E-state index in [1.807, 2.05) is 119 Å². The molecule has 39 heteroatoms. The van der Waals surface area contributed by atoms with Crippen LogP contribution in [-0.2, 0) is 40.1 Å². The van der Waals surface area contributed by atoms with Gasteiger partial charge in [0.05, 0.1) is 60.4 Å². The number of aryl methyl sites for hydroxylation is 3. The maximum Gasteiger partial charge on any atom is 0.410 e. The Hall–Kier alpha value is -10.2. The lowest BCUT2D eigenvalue weighted by molar-refractivity contribution is -0.132. The van der Waals surface area contributed by atoms with Gasteiger partial charge in [0.2, 0.25) is 29.0 Å². The Labute approximate surface area is 740 Å². The van der Waals surface area contributed by atoms with Crippen LogP contribution in [0.15, 0.2) is 62.0 Å². The lowest BCUT2D eigenvalue weighted by atomic mass is 9.71. The Kier molecular flexibility index (Phi) is 24.2. The molecule has 0 aromatic carbocycles. The summed E-state index contributed by atoms with van der Waals surface area (Å²) < 4.78 is 79.3. The normalized spacial score (nSPS) is 29.2. The summed E-state index contributed by atoms with van der Waals surface area (Å²) in [6.45, 7) is 53.3. The van der Waals surface area contributed by atoms with Crippen molar-refractivity contribution >= 4 is 94.0 Å². The molecule has 11 aliphatic rings. The van der Waals surface area contributed by atoms with E-state index < -0.39 is 34.3 Å². The van der Waals surface area contributed by atoms with Crippen molar-refractivity contribution in [2.75, 3.05) is 166 Å². The molecule has 1 saturated carbocycles. The number of amides is 4. The number of rotatable bonds is 11. The molecule has 11 fully saturated rings. The van der Waals surface area contributed by atoms with Gasteiger partial charge >= 0.3 is 18.3 Å². The number of carbonyl (C=O) groups excluding carboxylic acids is 4. The summed E-state index contributed by atoms with van der Waals surface area (Å²) in [4.78, 5) is 98.2. The highest BCUT2D eigenvalue weighted by atomic mass is 35.5. The van der Waals surface area contributed by atoms with Gasteiger partial charge in [-0.25, -0.2) is 51.9 Å². The minimum Gasteiger partial charge on any atom is -0.444 e. The topological polar surface area (TPSA) is 339 Å². The molecule has 0 radical (unpaired) electrons. The molecule has 0 unspecified atom stereocenters. The molecule has 5 N–H and O–H groups in total. The van der Waals surface area contributed by atoms with E-state index >= 15 is 0 Å². The number of anilines is 10. The van der Waals surface area contributed by atoms with Crippen LogP contribution in [0.1, 0.15) is 144 Å². The average molecular weight is 1770 g/mol. The Bertz CT molecular complexity index is 5140. The molecule has 10 aliphatic heterocycles. The van der Waals surface area contributed by atoms with Crippen molar-refractivity contribution in [3.63, 3.8) is 0 Å². The fraction of sp³-hybridized carbons (Fsp3) is 0.667. The van der Waals surface area contributed by atoms with Crippen molar-refractivity contribution in [1.82, 2.24) is 99.4 Å². The Morgan fingerprint density at radius 3 is 0.857 bits per heavy atom. The molecule has 10 atom stereocenters. The number of fused-ring (bicyclic) bond motifs is 5. The van der Waals surface area contributed by atoms with Crippen molar-refractivity contribution in [2.45, 2.75) is 161 Å². The molecule has 34 nitrogen and oxygen atoms in total. The maximum absolute atomic E-state index is 14.7. The van der Waals surface area contributed by atoms with Gasteiger partial charge in [-0.15, -0.1) is 0 Å². The minimum atomic E-state index is -0.537. The molecule has 0 bridgehead atoms. The van der Waals surface area contributed by atoms with Gasteiger partial charge in [-0.05, 0) is 86.8 Å². The molecule has 686 valence electrons. The number of nitrogens with one attached hydrogen (secondary N) is 5. The second-order valence-electron chi connectivity index (χ2n) is 42.7. The first-order chi connectivity index (χ1) is 58.6. The largest absolute Gasteiger partial charge is 0.444 e. The number of hydrogen-bond acceptors (Lipinski definition) is 27. The maximum atomic E-state index is 14.7. The zero-order valence-electron chi connectivity index (χ0n) is 77.0. The number of aromatic nitrogens is 14. The van der Waals surface area contributed by atoms with Crippen molar-refractivity contribution in [1.29, 1.82) is 0 Å². The highest BCUT2D eigenvalue weighted by molar-refractivity contribution is 6.28. The molecular weight excluding hydrogens is 1650 g/mol. The Morgan fingerprint density at radius 2 is 0.603 bits per heavy atom. The van der Waals surface area contributed by atoms with Crippen LogP contribution in [-0.4, -0.2) is 261 Å². The van der Waals surface area contributed by atoms with Crippen LogP contribution < -0.4 is 46.2 Å². The van der Waals surface area contributed by atoms with Crippen LogP contribution >= 0.6 is 11.6 Å². The van der Waals surface area contributed by atoms with Gasteiger partial charge in [0.25, 0.3) is 0 Å². The molecule has 7 aromatic rings. The number of carbonyl (C=O) groups is 4. The predicted molar refractivity (Wildman–Crippen MR) is 471 cm³/mol. The average Bonchev–Trinajstić information content (AvgIpc) is 1.58. The van der Waals surface area contributed by atoms with Crippen molar-refractivity contribution in [2.24, 2.45) is 81.2 Å². The second-order valence-corrected chi connectivity index (χ2v) is 43.0. The first kappa shape index (κ1) is 92.0. The Morgan fingerprint density at radius 1 is 0.365 bits per heavy atom. The first-order valence-corrected chi connectivity index (χ1v) is 43.6. The van der Waals surface area contributed by atoms with E-state index in [9.17, 15) is 36.7 Å². The molecule has 0 spiro atoms. The standard InChI is InChI=1S/C21H30FN7O2.C20H26FN7O.C17H24ClFN4O2.C16H22FN7.C13H24N2O2/c1-19(2,3)31-18(30)29-12-20(4)10-28(11-21(20,5)13-29)16-15(22)8-23-17(26-16)25-14-7-24-27(6)9-14;1-19-9-27(10-20(19,2)12-28(11-19)17(29)13-4-5-13)16-15(21)7-22-18(25-16)24-14-6-23-26(3)8-14;1-15(2,3)25-14(24)23-9-16(4)7-22(8-17(16,5)10-23)12-11(19)6-20-13(18)21-12;1-15-7-18-8-16(15,2)10-24(9-15)13-12(17)5-19-14(22-13)21-11-4-20-23(3)6-11;1-11(2,3)17-10(16)15-8-12(4)6-14-7-13(12,5)9-15/h7-9H,10-13H2,1-6H3,(H,23,25,26);6-8,13H,4-5,9-12H2,1-3H3,(H,22,24,25);6H,7-10H2,1-5H3;4-6,18H,7-10H2,1-3H3,(H,19,21,22);14H,6-9H2,1-5H3/t20-,21+;19-,20+;16-,17+;15-,16+;12-,13+. The van der Waals surface area contributed by atoms with Gasteiger partial charge in [0.15, 0.2) is 46.5 Å². The van der Waals surface area contributed by atoms with Crippen LogP contribution in [0.25, 0.3) is 0 Å². The summed E-state index contributed by atoms with van der Waals surface area (Å²) in [5.41, 5.74) is 0.424. The van der Waals surface area contributed by atoms with E-state index in [1.165, 1.54) is 18.6 Å². The van der Waals surface area contributed by atoms with Gasteiger partial charge in [-0.3, -0.25) is 18.8 Å². The number of hydrogen-bond donors (Lipinski definition) is 5. The van der Waals surface area contributed by atoms with Crippen LogP contribution in [0.3, 0.4) is 0 Å². The van der Waals surface area contributed by atoms with Gasteiger partial charge in [0.1, 0.15) is 16.8 Å². The van der Waals surface area contributed by atoms with E-state index in [0.29, 0.717) is 101 Å². The second kappa shape index (κ2) is 33.1. The van der Waals surface area contributed by atoms with E-state index in [1.54, 1.807) is 54.8 Å². The fourth-order valence-electron chi connectivity index (χ4n) is 19.9. The number of halogens is 5. The summed E-state index contributed by atoms with van der Waals surface area (Å²) >= 11 is 5.83. The van der Waals surface area contributed by atoms with Crippen LogP contribution in [0.2, 0.25) is 5.28 Å². The fourth-order valence-corrected chi connectivity index (χ4v) is 20.0. The van der Waals surface area contributed by atoms with Crippen molar-refractivity contribution < 1.29 is 51.0 Å². The molecule has 1 aliphatic carbocycles. The third-order valence-electron chi connectivity index (χ3n) is 28.1. The molecule has 17 heterocycles. The predicted octanol–water partition coefficient (Wildman–Crippen LogP) is 12.1. The molecule has 7 aromatic heterocycles. The first-order valence-electron chi connectivity index (χ1n) is 43.3. The van der Waals surface area contributed by atoms with Crippen LogP contribution in [0, 0.1) is 83.3 Å². The zero-order valence-corrected chi connectivity index (χ0v) is 77.7. The van der Waals surface area contributed by atoms with E-state index in [0.717, 1.165) is 102 Å². The molecule has 126 heavy (non-hydrogen) atoms. The van der Waals surface area contributed by atoms with Gasteiger partial charge in [0, 0.05) is 231 Å². The third-order valence-corrected chi connectivity index (χ3v) is 28.3. The quantitative estimate of drug-likeness (QED) is 0.0456. The lowest BCUT2D eigenvalue weighted by Crippen LogP contribution is -2.39. The number of likely N-dealkylation sites (tertiary alicyclic amines) is 4. The minimum absolute atomic E-state index is 0.0270. The monoisotopic (exact) mass is 1770 g/mol. The van der Waals surface area contributed by atoms with E-state index in [2.05, 4.69) is 151 Å². The highest BCUT2D eigenvalue weighted by Crippen LogP contribution is 2.57. The van der Waals surface area contributed by atoms with Crippen LogP contribution in [0.4, 0.5) is 90.1 Å².